The Kier molecular flexibility index (Phi) is 2.90. The Bertz CT molecular complexity index is 726. The van der Waals surface area contributed by atoms with Crippen molar-refractivity contribution in [2.24, 2.45) is 0 Å². The van der Waals surface area contributed by atoms with E-state index >= 15 is 0 Å². The molecule has 1 aromatic carbocycles. The molecule has 0 aliphatic rings. The van der Waals surface area contributed by atoms with Crippen LogP contribution < -0.4 is 4.74 Å². The van der Waals surface area contributed by atoms with Crippen molar-refractivity contribution in [3.05, 3.63) is 42.1 Å². The van der Waals surface area contributed by atoms with Crippen molar-refractivity contribution in [2.75, 3.05) is 7.11 Å². The topological polar surface area (TPSA) is 64.5 Å². The van der Waals surface area contributed by atoms with Crippen molar-refractivity contribution in [1.82, 2.24) is 4.98 Å². The molecule has 6 heteroatoms. The molecule has 0 unspecified atom stereocenters. The lowest BCUT2D eigenvalue weighted by atomic mass is 10.2. The number of carbonyl (C=O) groups is 1. The van der Waals surface area contributed by atoms with Crippen LogP contribution in [0.1, 0.15) is 10.5 Å². The molecule has 0 atom stereocenters. The van der Waals surface area contributed by atoms with Gasteiger partial charge in [-0.05, 0) is 24.3 Å². The summed E-state index contributed by atoms with van der Waals surface area (Å²) in [6.07, 6.45) is 0. The molecule has 0 amide bonds. The third-order valence-electron chi connectivity index (χ3n) is 2.97. The molecule has 0 saturated heterocycles. The number of aromatic amines is 1. The first kappa shape index (κ1) is 12.3. The number of methoxy groups -OCH3 is 1. The van der Waals surface area contributed by atoms with Crippen LogP contribution in [-0.2, 0) is 4.94 Å². The maximum Gasteiger partial charge on any atom is 0.395 e. The van der Waals surface area contributed by atoms with Crippen molar-refractivity contribution < 1.29 is 23.4 Å². The van der Waals surface area contributed by atoms with Gasteiger partial charge in [0.1, 0.15) is 17.2 Å². The molecule has 0 bridgehead atoms. The minimum Gasteiger partial charge on any atom is -0.497 e. The molecule has 0 aliphatic carbocycles. The van der Waals surface area contributed by atoms with E-state index in [0.717, 1.165) is 11.3 Å². The molecule has 0 saturated carbocycles. The van der Waals surface area contributed by atoms with Gasteiger partial charge in [0.15, 0.2) is 5.58 Å². The van der Waals surface area contributed by atoms with Crippen molar-refractivity contribution in [2.45, 2.75) is 0 Å². The number of nitrogens with one attached hydrogen (secondary N) is 1. The molecule has 20 heavy (non-hydrogen) atoms. The number of benzene rings is 1. The van der Waals surface area contributed by atoms with E-state index in [0.29, 0.717) is 16.9 Å². The number of hydrogen-bond acceptors (Lipinski definition) is 4. The number of carbonyl (C=O) groups excluding carboxylic acids is 1. The summed E-state index contributed by atoms with van der Waals surface area (Å²) >= 11 is 0. The van der Waals surface area contributed by atoms with Gasteiger partial charge in [-0.3, -0.25) is 0 Å². The average molecular weight is 275 g/mol. The zero-order valence-corrected chi connectivity index (χ0v) is 10.5. The number of furan rings is 1. The first-order chi connectivity index (χ1) is 9.71. The van der Waals surface area contributed by atoms with E-state index in [1.807, 2.05) is 24.3 Å². The van der Waals surface area contributed by atoms with Gasteiger partial charge in [-0.2, -0.15) is 0 Å². The second-order valence-corrected chi connectivity index (χ2v) is 4.16. The minimum atomic E-state index is -1.08. The number of fused-ring (bicyclic) bond motifs is 1. The van der Waals surface area contributed by atoms with Crippen LogP contribution >= 0.6 is 0 Å². The van der Waals surface area contributed by atoms with E-state index in [9.17, 15) is 9.32 Å². The smallest absolute Gasteiger partial charge is 0.395 e. The summed E-state index contributed by atoms with van der Waals surface area (Å²) in [5, 5.41) is 0. The van der Waals surface area contributed by atoms with Crippen LogP contribution in [0.4, 0.5) is 4.53 Å². The van der Waals surface area contributed by atoms with Gasteiger partial charge in [-0.25, -0.2) is 9.74 Å². The van der Waals surface area contributed by atoms with Gasteiger partial charge >= 0.3 is 5.97 Å². The van der Waals surface area contributed by atoms with Crippen molar-refractivity contribution in [1.29, 1.82) is 0 Å². The Morgan fingerprint density at radius 1 is 1.25 bits per heavy atom. The molecular formula is C14H10FNO4. The molecule has 0 spiro atoms. The number of hydrogen-bond donors (Lipinski definition) is 1. The van der Waals surface area contributed by atoms with Crippen LogP contribution in [0.5, 0.6) is 5.75 Å². The number of ether oxygens (including phenoxy) is 1. The molecule has 3 rings (SSSR count). The van der Waals surface area contributed by atoms with Crippen LogP contribution in [-0.4, -0.2) is 18.1 Å². The molecule has 0 aliphatic heterocycles. The lowest BCUT2D eigenvalue weighted by Gasteiger charge is -2.00. The Labute approximate surface area is 112 Å². The van der Waals surface area contributed by atoms with Crippen molar-refractivity contribution in [3.8, 4) is 17.1 Å². The molecular weight excluding hydrogens is 265 g/mol. The van der Waals surface area contributed by atoms with Gasteiger partial charge in [-0.1, -0.05) is 0 Å². The lowest BCUT2D eigenvalue weighted by Crippen LogP contribution is -1.97. The highest BCUT2D eigenvalue weighted by Crippen LogP contribution is 2.29. The van der Waals surface area contributed by atoms with E-state index in [2.05, 4.69) is 9.93 Å². The molecule has 2 aromatic heterocycles. The van der Waals surface area contributed by atoms with E-state index < -0.39 is 5.97 Å². The first-order valence-corrected chi connectivity index (χ1v) is 5.81. The average Bonchev–Trinajstić information content (AvgIpc) is 3.05. The van der Waals surface area contributed by atoms with Gasteiger partial charge < -0.3 is 14.1 Å². The van der Waals surface area contributed by atoms with Gasteiger partial charge in [0.2, 0.25) is 0 Å². The fourth-order valence-corrected chi connectivity index (χ4v) is 1.97. The molecule has 1 N–H and O–H groups in total. The van der Waals surface area contributed by atoms with Gasteiger partial charge in [0.05, 0.1) is 12.6 Å². The number of rotatable bonds is 3. The van der Waals surface area contributed by atoms with Gasteiger partial charge in [0, 0.05) is 22.2 Å². The third-order valence-corrected chi connectivity index (χ3v) is 2.97. The molecule has 0 radical (unpaired) electrons. The molecule has 5 nitrogen and oxygen atoms in total. The SMILES string of the molecule is COc1ccc(-c2cc3[nH]c(C(=O)OF)cc3o2)cc1. The first-order valence-electron chi connectivity index (χ1n) is 5.81. The third kappa shape index (κ3) is 2.01. The zero-order chi connectivity index (χ0) is 14.1. The summed E-state index contributed by atoms with van der Waals surface area (Å²) in [6.45, 7) is 0. The Morgan fingerprint density at radius 3 is 2.60 bits per heavy atom. The summed E-state index contributed by atoms with van der Waals surface area (Å²) < 4.78 is 22.5. The molecule has 102 valence electrons. The fraction of sp³-hybridized carbons (Fsp3) is 0.0714. The second-order valence-electron chi connectivity index (χ2n) is 4.16. The van der Waals surface area contributed by atoms with Crippen molar-refractivity contribution in [3.63, 3.8) is 0 Å². The summed E-state index contributed by atoms with van der Waals surface area (Å²) in [7, 11) is 1.59. The van der Waals surface area contributed by atoms with Crippen LogP contribution in [0.2, 0.25) is 0 Å². The van der Waals surface area contributed by atoms with Crippen LogP contribution in [0.25, 0.3) is 22.4 Å². The van der Waals surface area contributed by atoms with Crippen LogP contribution in [0.15, 0.2) is 40.8 Å². The highest BCUT2D eigenvalue weighted by molar-refractivity contribution is 5.93. The van der Waals surface area contributed by atoms with E-state index in [1.165, 1.54) is 6.07 Å². The number of H-pyrrole nitrogens is 1. The molecule has 2 heterocycles. The second kappa shape index (κ2) is 4.73. The lowest BCUT2D eigenvalue weighted by molar-refractivity contribution is -0.0792. The maximum absolute atomic E-state index is 11.8. The molecule has 3 aromatic rings. The Hall–Kier alpha value is -2.76. The fourth-order valence-electron chi connectivity index (χ4n) is 1.97. The highest BCUT2D eigenvalue weighted by Gasteiger charge is 2.15. The Morgan fingerprint density at radius 2 is 2.00 bits per heavy atom. The zero-order valence-electron chi connectivity index (χ0n) is 10.5. The van der Waals surface area contributed by atoms with Crippen LogP contribution in [0.3, 0.4) is 0 Å². The number of halogens is 1. The standard InChI is InChI=1S/C14H10FNO4/c1-18-9-4-2-8(3-5-9)12-6-10-13(19-12)7-11(16-10)14(17)20-15/h2-7,16H,1H3. The quantitative estimate of drug-likeness (QED) is 0.794. The van der Waals surface area contributed by atoms with E-state index in [-0.39, 0.29) is 5.69 Å². The van der Waals surface area contributed by atoms with E-state index in [1.54, 1.807) is 13.2 Å². The maximum atomic E-state index is 11.8. The Balaban J connectivity index is 1.96. The van der Waals surface area contributed by atoms with Crippen molar-refractivity contribution >= 4 is 17.1 Å². The largest absolute Gasteiger partial charge is 0.497 e. The summed E-state index contributed by atoms with van der Waals surface area (Å²) in [6, 6.07) is 10.5. The molecule has 0 fully saturated rings. The minimum absolute atomic E-state index is 0.00234. The normalized spacial score (nSPS) is 10.7. The predicted molar refractivity (Wildman–Crippen MR) is 69.1 cm³/mol. The summed E-state index contributed by atoms with van der Waals surface area (Å²) in [5.41, 5.74) is 1.92. The monoisotopic (exact) mass is 275 g/mol. The number of aromatic nitrogens is 1. The summed E-state index contributed by atoms with van der Waals surface area (Å²) in [4.78, 5) is 16.9. The highest BCUT2D eigenvalue weighted by atomic mass is 19.3. The predicted octanol–water partition coefficient (Wildman–Crippen LogP) is 3.48. The van der Waals surface area contributed by atoms with E-state index in [4.69, 9.17) is 9.15 Å². The van der Waals surface area contributed by atoms with Crippen LogP contribution in [0, 0.1) is 0 Å². The van der Waals surface area contributed by atoms with Gasteiger partial charge in [0.25, 0.3) is 0 Å². The van der Waals surface area contributed by atoms with Gasteiger partial charge in [-0.15, -0.1) is 0 Å². The summed E-state index contributed by atoms with van der Waals surface area (Å²) in [5.74, 6) is 0.301.